The molecule has 0 saturated heterocycles. The Kier molecular flexibility index (Phi) is 3.16. The molecule has 0 fully saturated rings. The number of H-pyrrole nitrogens is 1. The number of hydrogen-bond donors (Lipinski definition) is 2. The Hall–Kier alpha value is -3.08. The van der Waals surface area contributed by atoms with Gasteiger partial charge in [0.15, 0.2) is 0 Å². The predicted molar refractivity (Wildman–Crippen MR) is 94.4 cm³/mol. The number of aromatic nitrogens is 3. The van der Waals surface area contributed by atoms with E-state index in [-0.39, 0.29) is 5.56 Å². The fourth-order valence-electron chi connectivity index (χ4n) is 3.25. The summed E-state index contributed by atoms with van der Waals surface area (Å²) in [6.07, 6.45) is 3.63. The molecule has 2 N–H and O–H groups in total. The molecule has 3 heterocycles. The summed E-state index contributed by atoms with van der Waals surface area (Å²) in [4.78, 5) is 19.0. The molecule has 4 rings (SSSR count). The summed E-state index contributed by atoms with van der Waals surface area (Å²) in [6.45, 7) is 5.05. The quantitative estimate of drug-likeness (QED) is 0.594. The van der Waals surface area contributed by atoms with E-state index in [1.54, 1.807) is 0 Å². The van der Waals surface area contributed by atoms with Gasteiger partial charge in [-0.1, -0.05) is 11.6 Å². The molecule has 1 aromatic carbocycles. The Morgan fingerprint density at radius 3 is 2.83 bits per heavy atom. The van der Waals surface area contributed by atoms with Crippen molar-refractivity contribution >= 4 is 27.9 Å². The Morgan fingerprint density at radius 2 is 2.08 bits per heavy atom. The van der Waals surface area contributed by atoms with Gasteiger partial charge in [0.1, 0.15) is 5.65 Å². The Bertz CT molecular complexity index is 1090. The molecule has 120 valence electrons. The topological polar surface area (TPSA) is 70.9 Å². The van der Waals surface area contributed by atoms with E-state index in [1.807, 2.05) is 6.07 Å². The van der Waals surface area contributed by atoms with Crippen LogP contribution in [0.25, 0.3) is 33.2 Å². The summed E-state index contributed by atoms with van der Waals surface area (Å²) in [5.74, 6) is -0.945. The molecule has 0 aliphatic carbocycles. The number of pyridine rings is 1. The zero-order chi connectivity index (χ0) is 16.8. The molecular formula is C19H17N3O2. The number of aromatic amines is 1. The van der Waals surface area contributed by atoms with Crippen molar-refractivity contribution in [1.82, 2.24) is 14.5 Å². The maximum absolute atomic E-state index is 11.4. The molecule has 0 radical (unpaired) electrons. The monoisotopic (exact) mass is 319 g/mol. The van der Waals surface area contributed by atoms with Crippen LogP contribution in [0.1, 0.15) is 22.8 Å². The van der Waals surface area contributed by atoms with Gasteiger partial charge in [-0.2, -0.15) is 0 Å². The molecule has 0 saturated carbocycles. The summed E-state index contributed by atoms with van der Waals surface area (Å²) < 4.78 is 2.20. The Labute approximate surface area is 138 Å². The lowest BCUT2D eigenvalue weighted by atomic mass is 10.1. The zero-order valence-electron chi connectivity index (χ0n) is 13.5. The van der Waals surface area contributed by atoms with Crippen LogP contribution in [0.2, 0.25) is 0 Å². The van der Waals surface area contributed by atoms with Crippen molar-refractivity contribution < 1.29 is 9.90 Å². The van der Waals surface area contributed by atoms with Gasteiger partial charge in [0.25, 0.3) is 0 Å². The van der Waals surface area contributed by atoms with E-state index in [0.29, 0.717) is 11.0 Å². The van der Waals surface area contributed by atoms with Crippen molar-refractivity contribution in [3.8, 4) is 11.3 Å². The van der Waals surface area contributed by atoms with Crippen LogP contribution < -0.4 is 0 Å². The second-order valence-corrected chi connectivity index (χ2v) is 5.96. The maximum Gasteiger partial charge on any atom is 0.336 e. The van der Waals surface area contributed by atoms with E-state index in [4.69, 9.17) is 0 Å². The van der Waals surface area contributed by atoms with Crippen molar-refractivity contribution in [3.63, 3.8) is 0 Å². The average molecular weight is 319 g/mol. The second-order valence-electron chi connectivity index (χ2n) is 5.96. The van der Waals surface area contributed by atoms with Gasteiger partial charge in [0.05, 0.1) is 5.56 Å². The third-order valence-corrected chi connectivity index (χ3v) is 4.43. The summed E-state index contributed by atoms with van der Waals surface area (Å²) >= 11 is 0. The van der Waals surface area contributed by atoms with Gasteiger partial charge < -0.3 is 14.7 Å². The van der Waals surface area contributed by atoms with E-state index < -0.39 is 5.97 Å². The van der Waals surface area contributed by atoms with Gasteiger partial charge in [-0.25, -0.2) is 9.78 Å². The van der Waals surface area contributed by atoms with E-state index in [2.05, 4.69) is 52.8 Å². The van der Waals surface area contributed by atoms with E-state index in [0.717, 1.165) is 23.2 Å². The van der Waals surface area contributed by atoms with Crippen LogP contribution in [-0.4, -0.2) is 25.6 Å². The first-order chi connectivity index (χ1) is 11.6. The van der Waals surface area contributed by atoms with Gasteiger partial charge in [0, 0.05) is 46.5 Å². The second kappa shape index (κ2) is 5.23. The lowest BCUT2D eigenvalue weighted by Gasteiger charge is -2.00. The molecular weight excluding hydrogens is 302 g/mol. The van der Waals surface area contributed by atoms with Crippen LogP contribution in [0.3, 0.4) is 0 Å². The van der Waals surface area contributed by atoms with Gasteiger partial charge in [0.2, 0.25) is 0 Å². The largest absolute Gasteiger partial charge is 0.478 e. The van der Waals surface area contributed by atoms with Gasteiger partial charge in [-0.05, 0) is 38.1 Å². The van der Waals surface area contributed by atoms with Crippen LogP contribution in [0.15, 0.2) is 42.7 Å². The van der Waals surface area contributed by atoms with E-state index in [1.165, 1.54) is 23.3 Å². The van der Waals surface area contributed by atoms with E-state index in [9.17, 15) is 9.90 Å². The highest BCUT2D eigenvalue weighted by Crippen LogP contribution is 2.33. The first-order valence-electron chi connectivity index (χ1n) is 7.89. The van der Waals surface area contributed by atoms with Crippen LogP contribution >= 0.6 is 0 Å². The standard InChI is InChI=1S/C19H17N3O2/c1-3-22-10-15(13-8-11(2)4-5-17(13)22)16-9-14-12(19(23)24)6-7-20-18(14)21-16/h4-10H,3H2,1-2H3,(H,20,21)(H,23,24). The predicted octanol–water partition coefficient (Wildman–Crippen LogP) is 4.21. The molecule has 0 aliphatic rings. The number of aromatic carboxylic acids is 1. The molecule has 0 bridgehead atoms. The normalized spacial score (nSPS) is 11.4. The van der Waals surface area contributed by atoms with Crippen LogP contribution in [0.4, 0.5) is 0 Å². The Balaban J connectivity index is 2.01. The van der Waals surface area contributed by atoms with Gasteiger partial charge in [-0.15, -0.1) is 0 Å². The lowest BCUT2D eigenvalue weighted by molar-refractivity contribution is 0.0699. The fraction of sp³-hybridized carbons (Fsp3) is 0.158. The number of nitrogens with zero attached hydrogens (tertiary/aromatic N) is 2. The van der Waals surface area contributed by atoms with Crippen molar-refractivity contribution in [2.75, 3.05) is 0 Å². The molecule has 4 aromatic rings. The number of rotatable bonds is 3. The zero-order valence-corrected chi connectivity index (χ0v) is 13.5. The number of carbonyl (C=O) groups is 1. The minimum atomic E-state index is -0.945. The fourth-order valence-corrected chi connectivity index (χ4v) is 3.25. The number of nitrogens with one attached hydrogen (secondary N) is 1. The highest BCUT2D eigenvalue weighted by molar-refractivity contribution is 6.05. The lowest BCUT2D eigenvalue weighted by Crippen LogP contribution is -1.96. The highest BCUT2D eigenvalue weighted by Gasteiger charge is 2.16. The maximum atomic E-state index is 11.4. The third-order valence-electron chi connectivity index (χ3n) is 4.43. The molecule has 0 spiro atoms. The molecule has 0 unspecified atom stereocenters. The van der Waals surface area contributed by atoms with Crippen molar-refractivity contribution in [1.29, 1.82) is 0 Å². The number of hydrogen-bond acceptors (Lipinski definition) is 2. The average Bonchev–Trinajstić information content (AvgIpc) is 3.14. The van der Waals surface area contributed by atoms with Gasteiger partial charge in [-0.3, -0.25) is 0 Å². The first kappa shape index (κ1) is 14.5. The minimum absolute atomic E-state index is 0.262. The number of fused-ring (bicyclic) bond motifs is 2. The SMILES string of the molecule is CCn1cc(-c2cc3c(C(=O)O)ccnc3[nH]2)c2cc(C)ccc21. The molecule has 0 atom stereocenters. The van der Waals surface area contributed by atoms with Gasteiger partial charge >= 0.3 is 5.97 Å². The van der Waals surface area contributed by atoms with Crippen molar-refractivity contribution in [2.45, 2.75) is 20.4 Å². The number of aryl methyl sites for hydroxylation is 2. The highest BCUT2D eigenvalue weighted by atomic mass is 16.4. The third kappa shape index (κ3) is 2.09. The van der Waals surface area contributed by atoms with Crippen LogP contribution in [0, 0.1) is 6.92 Å². The summed E-state index contributed by atoms with van der Waals surface area (Å²) in [5.41, 5.74) is 5.16. The summed E-state index contributed by atoms with van der Waals surface area (Å²) in [5, 5.41) is 11.1. The molecule has 5 nitrogen and oxygen atoms in total. The summed E-state index contributed by atoms with van der Waals surface area (Å²) in [7, 11) is 0. The number of benzene rings is 1. The van der Waals surface area contributed by atoms with Crippen LogP contribution in [0.5, 0.6) is 0 Å². The van der Waals surface area contributed by atoms with E-state index >= 15 is 0 Å². The molecule has 0 amide bonds. The minimum Gasteiger partial charge on any atom is -0.478 e. The molecule has 3 aromatic heterocycles. The van der Waals surface area contributed by atoms with Crippen molar-refractivity contribution in [2.24, 2.45) is 0 Å². The van der Waals surface area contributed by atoms with Crippen LogP contribution in [-0.2, 0) is 6.54 Å². The smallest absolute Gasteiger partial charge is 0.336 e. The molecule has 5 heteroatoms. The number of carboxylic acids is 1. The summed E-state index contributed by atoms with van der Waals surface area (Å²) in [6, 6.07) is 9.80. The molecule has 0 aliphatic heterocycles. The molecule has 24 heavy (non-hydrogen) atoms. The number of carboxylic acid groups (broad SMARTS) is 1. The van der Waals surface area contributed by atoms with Crippen molar-refractivity contribution in [3.05, 3.63) is 53.9 Å². The first-order valence-corrected chi connectivity index (χ1v) is 7.89. The Morgan fingerprint density at radius 1 is 1.25 bits per heavy atom.